The Bertz CT molecular complexity index is 1360. The van der Waals surface area contributed by atoms with Gasteiger partial charge in [-0.1, -0.05) is 12.1 Å². The number of carbonyl (C=O) groups is 2. The van der Waals surface area contributed by atoms with Gasteiger partial charge in [0.2, 0.25) is 0 Å². The number of para-hydroxylation sites is 1. The number of nitrogens with zero attached hydrogens (tertiary/aromatic N) is 3. The first-order valence-corrected chi connectivity index (χ1v) is 11.7. The molecule has 0 radical (unpaired) electrons. The third-order valence-electron chi connectivity index (χ3n) is 6.16. The van der Waals surface area contributed by atoms with Crippen LogP contribution in [0.4, 0.5) is 30.6 Å². The zero-order chi connectivity index (χ0) is 27.4. The summed E-state index contributed by atoms with van der Waals surface area (Å²) in [6.07, 6.45) is -3.59. The standard InChI is InChI=1S/C26H26F3N5O4.ClH/c1-37-20-8-4-3-7-16(20)19-11-9-18(25(36)38-2)24(32-19)34-13-5-6-15(14-34)31-21-12-10-17(23(30)33-21)22(35)26(27,28)29;/h3-4,7-12,15H,5-6,13-14H2,1-2H3,(H3,30,31,33);1H. The van der Waals surface area contributed by atoms with Crippen molar-refractivity contribution >= 4 is 41.6 Å². The van der Waals surface area contributed by atoms with E-state index in [1.807, 2.05) is 29.2 Å². The molecular formula is C26H27ClF3N5O4. The molecule has 9 nitrogen and oxygen atoms in total. The molecule has 0 bridgehead atoms. The van der Waals surface area contributed by atoms with Crippen molar-refractivity contribution in [2.24, 2.45) is 0 Å². The number of ketones is 1. The molecular weight excluding hydrogens is 539 g/mol. The SMILES string of the molecule is COC(=O)c1ccc(-c2ccccc2OC)nc1N1CCCC(Nc2ccc(C(=O)C(F)(F)F)c(N)n2)C1.Cl. The predicted molar refractivity (Wildman–Crippen MR) is 143 cm³/mol. The number of aromatic nitrogens is 2. The van der Waals surface area contributed by atoms with Crippen molar-refractivity contribution in [1.29, 1.82) is 0 Å². The lowest BCUT2D eigenvalue weighted by molar-refractivity contribution is -0.0884. The van der Waals surface area contributed by atoms with Gasteiger partial charge in [0.05, 0.1) is 25.5 Å². The Morgan fingerprint density at radius 2 is 1.77 bits per heavy atom. The molecule has 1 atom stereocenters. The van der Waals surface area contributed by atoms with E-state index in [0.717, 1.165) is 24.5 Å². The first kappa shape index (κ1) is 29.5. The van der Waals surface area contributed by atoms with Crippen molar-refractivity contribution in [1.82, 2.24) is 9.97 Å². The first-order chi connectivity index (χ1) is 18.1. The van der Waals surface area contributed by atoms with Gasteiger partial charge in [0.25, 0.3) is 5.78 Å². The number of pyridine rings is 2. The fourth-order valence-electron chi connectivity index (χ4n) is 4.36. The van der Waals surface area contributed by atoms with E-state index < -0.39 is 29.3 Å². The lowest BCUT2D eigenvalue weighted by Crippen LogP contribution is -2.43. The van der Waals surface area contributed by atoms with E-state index in [1.54, 1.807) is 19.2 Å². The van der Waals surface area contributed by atoms with Gasteiger partial charge >= 0.3 is 12.1 Å². The minimum Gasteiger partial charge on any atom is -0.496 e. The molecule has 1 aliphatic rings. The Kier molecular flexibility index (Phi) is 9.23. The van der Waals surface area contributed by atoms with Crippen LogP contribution in [0.5, 0.6) is 5.75 Å². The number of rotatable bonds is 7. The highest BCUT2D eigenvalue weighted by Gasteiger charge is 2.40. The molecule has 39 heavy (non-hydrogen) atoms. The average Bonchev–Trinajstić information content (AvgIpc) is 2.91. The summed E-state index contributed by atoms with van der Waals surface area (Å²) in [7, 11) is 2.86. The van der Waals surface area contributed by atoms with Gasteiger partial charge < -0.3 is 25.4 Å². The molecule has 1 saturated heterocycles. The number of hydrogen-bond acceptors (Lipinski definition) is 9. The summed E-state index contributed by atoms with van der Waals surface area (Å²) in [4.78, 5) is 34.8. The third kappa shape index (κ3) is 6.51. The van der Waals surface area contributed by atoms with Gasteiger partial charge in [0, 0.05) is 24.7 Å². The highest BCUT2D eigenvalue weighted by Crippen LogP contribution is 2.32. The number of nitrogen functional groups attached to an aromatic ring is 1. The van der Waals surface area contributed by atoms with Crippen LogP contribution in [0.2, 0.25) is 0 Å². The number of esters is 1. The van der Waals surface area contributed by atoms with E-state index in [2.05, 4.69) is 10.3 Å². The van der Waals surface area contributed by atoms with Crippen LogP contribution < -0.4 is 20.7 Å². The van der Waals surface area contributed by atoms with Crippen molar-refractivity contribution in [3.05, 3.63) is 59.7 Å². The topological polar surface area (TPSA) is 120 Å². The number of hydrogen-bond donors (Lipinski definition) is 2. The van der Waals surface area contributed by atoms with Gasteiger partial charge in [0.15, 0.2) is 0 Å². The van der Waals surface area contributed by atoms with Gasteiger partial charge in [0.1, 0.15) is 28.8 Å². The fourth-order valence-corrected chi connectivity index (χ4v) is 4.36. The molecule has 0 aliphatic carbocycles. The van der Waals surface area contributed by atoms with E-state index >= 15 is 0 Å². The number of methoxy groups -OCH3 is 2. The minimum atomic E-state index is -5.04. The van der Waals surface area contributed by atoms with Crippen LogP contribution in [0.3, 0.4) is 0 Å². The number of Topliss-reactive ketones (excluding diaryl/α,β-unsaturated/α-hetero) is 1. The van der Waals surface area contributed by atoms with E-state index in [-0.39, 0.29) is 24.3 Å². The number of nitrogens with one attached hydrogen (secondary N) is 1. The lowest BCUT2D eigenvalue weighted by Gasteiger charge is -2.35. The first-order valence-electron chi connectivity index (χ1n) is 11.7. The van der Waals surface area contributed by atoms with Crippen molar-refractivity contribution in [2.75, 3.05) is 43.3 Å². The van der Waals surface area contributed by atoms with Gasteiger partial charge in [-0.25, -0.2) is 14.8 Å². The molecule has 4 rings (SSSR count). The van der Waals surface area contributed by atoms with Gasteiger partial charge in [-0.2, -0.15) is 13.2 Å². The zero-order valence-electron chi connectivity index (χ0n) is 21.1. The average molecular weight is 566 g/mol. The molecule has 1 fully saturated rings. The Morgan fingerprint density at radius 3 is 2.44 bits per heavy atom. The third-order valence-corrected chi connectivity index (χ3v) is 6.16. The number of benzene rings is 1. The van der Waals surface area contributed by atoms with E-state index in [0.29, 0.717) is 35.9 Å². The summed E-state index contributed by atoms with van der Waals surface area (Å²) in [5.41, 5.74) is 6.62. The summed E-state index contributed by atoms with van der Waals surface area (Å²) in [6, 6.07) is 12.9. The molecule has 3 aromatic rings. The van der Waals surface area contributed by atoms with Crippen LogP contribution >= 0.6 is 12.4 Å². The molecule has 2 aromatic heterocycles. The smallest absolute Gasteiger partial charge is 0.455 e. The number of anilines is 3. The number of piperidine rings is 1. The summed E-state index contributed by atoms with van der Waals surface area (Å²) in [5, 5.41) is 3.16. The molecule has 13 heteroatoms. The predicted octanol–water partition coefficient (Wildman–Crippen LogP) is 4.77. The van der Waals surface area contributed by atoms with Crippen LogP contribution in [0.1, 0.15) is 33.6 Å². The van der Waals surface area contributed by atoms with E-state index in [9.17, 15) is 22.8 Å². The van der Waals surface area contributed by atoms with Crippen LogP contribution in [-0.4, -0.2) is 61.2 Å². The maximum absolute atomic E-state index is 12.8. The summed E-state index contributed by atoms with van der Waals surface area (Å²) in [5.74, 6) is -1.79. The molecule has 3 N–H and O–H groups in total. The zero-order valence-corrected chi connectivity index (χ0v) is 21.9. The Balaban J connectivity index is 0.00000420. The second-order valence-electron chi connectivity index (χ2n) is 8.65. The largest absolute Gasteiger partial charge is 0.496 e. The number of halogens is 4. The van der Waals surface area contributed by atoms with Crippen LogP contribution in [0, 0.1) is 0 Å². The molecule has 208 valence electrons. The maximum Gasteiger partial charge on any atom is 0.455 e. The van der Waals surface area contributed by atoms with Gasteiger partial charge in [-0.05, 0) is 49.2 Å². The molecule has 1 aliphatic heterocycles. The molecule has 1 aromatic carbocycles. The maximum atomic E-state index is 12.8. The van der Waals surface area contributed by atoms with Crippen LogP contribution in [-0.2, 0) is 4.74 Å². The molecule has 0 amide bonds. The second-order valence-corrected chi connectivity index (χ2v) is 8.65. The molecule has 0 saturated carbocycles. The lowest BCUT2D eigenvalue weighted by atomic mass is 10.0. The van der Waals surface area contributed by atoms with Gasteiger partial charge in [-0.3, -0.25) is 4.79 Å². The highest BCUT2D eigenvalue weighted by atomic mass is 35.5. The Labute approximate surface area is 228 Å². The Morgan fingerprint density at radius 1 is 1.05 bits per heavy atom. The monoisotopic (exact) mass is 565 g/mol. The van der Waals surface area contributed by atoms with Crippen LogP contribution in [0.15, 0.2) is 48.5 Å². The van der Waals surface area contributed by atoms with Crippen molar-refractivity contribution in [3.8, 4) is 17.0 Å². The second kappa shape index (κ2) is 12.2. The normalized spacial score (nSPS) is 15.2. The molecule has 1 unspecified atom stereocenters. The minimum absolute atomic E-state index is 0. The molecule has 3 heterocycles. The van der Waals surface area contributed by atoms with Crippen molar-refractivity contribution in [3.63, 3.8) is 0 Å². The van der Waals surface area contributed by atoms with Crippen LogP contribution in [0.25, 0.3) is 11.3 Å². The van der Waals surface area contributed by atoms with E-state index in [4.69, 9.17) is 20.2 Å². The number of alkyl halides is 3. The number of nitrogens with two attached hydrogens (primary N) is 1. The number of carbonyl (C=O) groups excluding carboxylic acids is 2. The quantitative estimate of drug-likeness (QED) is 0.308. The summed E-state index contributed by atoms with van der Waals surface area (Å²) >= 11 is 0. The summed E-state index contributed by atoms with van der Waals surface area (Å²) < 4.78 is 48.8. The van der Waals surface area contributed by atoms with Crippen molar-refractivity contribution < 1.29 is 32.2 Å². The van der Waals surface area contributed by atoms with Gasteiger partial charge in [-0.15, -0.1) is 12.4 Å². The highest BCUT2D eigenvalue weighted by molar-refractivity contribution is 6.03. The Hall–Kier alpha value is -4.06. The van der Waals surface area contributed by atoms with Crippen molar-refractivity contribution in [2.45, 2.75) is 25.1 Å². The molecule has 0 spiro atoms. The fraction of sp³-hybridized carbons (Fsp3) is 0.308. The van der Waals surface area contributed by atoms with E-state index in [1.165, 1.54) is 13.2 Å². The number of ether oxygens (including phenoxy) is 2. The summed E-state index contributed by atoms with van der Waals surface area (Å²) in [6.45, 7) is 1.02.